The van der Waals surface area contributed by atoms with Gasteiger partial charge in [0.25, 0.3) is 10.0 Å². The van der Waals surface area contributed by atoms with Crippen LogP contribution < -0.4 is 10.1 Å². The summed E-state index contributed by atoms with van der Waals surface area (Å²) in [5.41, 5.74) is 2.45. The molecular weight excluding hydrogens is 366 g/mol. The van der Waals surface area contributed by atoms with E-state index in [2.05, 4.69) is 25.0 Å². The van der Waals surface area contributed by atoms with E-state index in [0.717, 1.165) is 11.3 Å². The summed E-state index contributed by atoms with van der Waals surface area (Å²) < 4.78 is 31.4. The second-order valence-electron chi connectivity index (χ2n) is 4.37. The summed E-state index contributed by atoms with van der Waals surface area (Å²) in [5.74, 6) is -0.843. The third-order valence-corrected chi connectivity index (χ3v) is 4.86. The zero-order chi connectivity index (χ0) is 18.3. The molecule has 0 bridgehead atoms. The first kappa shape index (κ1) is 18.4. The van der Waals surface area contributed by atoms with Gasteiger partial charge in [-0.05, 0) is 31.2 Å². The van der Waals surface area contributed by atoms with Crippen LogP contribution in [0.3, 0.4) is 0 Å². The van der Waals surface area contributed by atoms with Gasteiger partial charge in [0.05, 0.1) is 17.2 Å². The molecule has 0 saturated heterocycles. The van der Waals surface area contributed by atoms with Crippen molar-refractivity contribution in [2.24, 2.45) is 5.10 Å². The van der Waals surface area contributed by atoms with Crippen molar-refractivity contribution in [3.63, 3.8) is 0 Å². The van der Waals surface area contributed by atoms with Gasteiger partial charge in [0.1, 0.15) is 6.07 Å². The maximum absolute atomic E-state index is 12.2. The number of benzene rings is 1. The number of ether oxygens (including phenoxy) is 1. The Morgan fingerprint density at radius 2 is 2.12 bits per heavy atom. The fraction of sp³-hybridized carbons (Fsp3) is 0.143. The molecule has 1 aromatic heterocycles. The van der Waals surface area contributed by atoms with Gasteiger partial charge in [-0.25, -0.2) is 18.2 Å². The van der Waals surface area contributed by atoms with E-state index in [1.54, 1.807) is 18.4 Å². The minimum absolute atomic E-state index is 0.0307. The third-order valence-electron chi connectivity index (χ3n) is 2.69. The number of nitrogens with zero attached hydrogens (tertiary/aromatic N) is 3. The average molecular weight is 379 g/mol. The monoisotopic (exact) mass is 379 g/mol. The topological polar surface area (TPSA) is 134 Å². The SMILES string of the molecule is CCOC(=O)/C(C#N)=N/Nc1ccc(S(=O)(=O)Nc2nccs2)cc1. The number of nitriles is 1. The van der Waals surface area contributed by atoms with E-state index < -0.39 is 21.7 Å². The summed E-state index contributed by atoms with van der Waals surface area (Å²) in [7, 11) is -3.75. The van der Waals surface area contributed by atoms with Crippen molar-refractivity contribution in [3.8, 4) is 6.07 Å². The van der Waals surface area contributed by atoms with Crippen molar-refractivity contribution in [1.82, 2.24) is 4.98 Å². The number of sulfonamides is 1. The molecule has 0 spiro atoms. The van der Waals surface area contributed by atoms with Crippen LogP contribution in [0, 0.1) is 11.3 Å². The zero-order valence-corrected chi connectivity index (χ0v) is 14.6. The van der Waals surface area contributed by atoms with Gasteiger partial charge in [-0.2, -0.15) is 10.4 Å². The van der Waals surface area contributed by atoms with Gasteiger partial charge in [0.2, 0.25) is 5.71 Å². The van der Waals surface area contributed by atoms with Crippen LogP contribution in [0.15, 0.2) is 45.8 Å². The predicted molar refractivity (Wildman–Crippen MR) is 92.7 cm³/mol. The first-order valence-corrected chi connectivity index (χ1v) is 9.26. The lowest BCUT2D eigenvalue weighted by atomic mass is 10.3. The van der Waals surface area contributed by atoms with E-state index in [-0.39, 0.29) is 16.6 Å². The van der Waals surface area contributed by atoms with Crippen LogP contribution in [-0.2, 0) is 19.6 Å². The molecule has 1 heterocycles. The van der Waals surface area contributed by atoms with Crippen molar-refractivity contribution >= 4 is 43.9 Å². The predicted octanol–water partition coefficient (Wildman–Crippen LogP) is 1.80. The lowest BCUT2D eigenvalue weighted by molar-refractivity contribution is -0.134. The molecule has 0 radical (unpaired) electrons. The molecule has 0 saturated carbocycles. The molecule has 1 aromatic carbocycles. The van der Waals surface area contributed by atoms with Crippen LogP contribution in [0.1, 0.15) is 6.92 Å². The van der Waals surface area contributed by atoms with E-state index in [1.165, 1.54) is 30.5 Å². The minimum atomic E-state index is -3.75. The lowest BCUT2D eigenvalue weighted by Crippen LogP contribution is -2.17. The van der Waals surface area contributed by atoms with E-state index in [0.29, 0.717) is 5.69 Å². The summed E-state index contributed by atoms with van der Waals surface area (Å²) in [6.45, 7) is 1.73. The normalized spacial score (nSPS) is 11.4. The van der Waals surface area contributed by atoms with Crippen molar-refractivity contribution in [3.05, 3.63) is 35.8 Å². The number of hydrogen-bond acceptors (Lipinski definition) is 9. The second kappa shape index (κ2) is 8.22. The van der Waals surface area contributed by atoms with Crippen LogP contribution >= 0.6 is 11.3 Å². The molecule has 0 fully saturated rings. The molecule has 2 aromatic rings. The third kappa shape index (κ3) is 5.00. The number of nitrogens with one attached hydrogen (secondary N) is 2. The summed E-state index contributed by atoms with van der Waals surface area (Å²) in [4.78, 5) is 15.3. The Bertz CT molecular complexity index is 900. The molecule has 0 aliphatic rings. The van der Waals surface area contributed by atoms with Crippen LogP contribution in [0.2, 0.25) is 0 Å². The van der Waals surface area contributed by atoms with Gasteiger partial charge < -0.3 is 4.74 Å². The number of carbonyl (C=O) groups excluding carboxylic acids is 1. The number of carbonyl (C=O) groups is 1. The van der Waals surface area contributed by atoms with Gasteiger partial charge >= 0.3 is 5.97 Å². The van der Waals surface area contributed by atoms with Crippen LogP contribution in [0.5, 0.6) is 0 Å². The highest BCUT2D eigenvalue weighted by molar-refractivity contribution is 7.93. The molecule has 0 unspecified atom stereocenters. The average Bonchev–Trinajstić information content (AvgIpc) is 3.08. The van der Waals surface area contributed by atoms with Gasteiger partial charge in [-0.3, -0.25) is 10.1 Å². The van der Waals surface area contributed by atoms with E-state index in [1.807, 2.05) is 0 Å². The smallest absolute Gasteiger partial charge is 0.369 e. The molecule has 0 amide bonds. The van der Waals surface area contributed by atoms with Crippen LogP contribution in [0.4, 0.5) is 10.8 Å². The molecule has 2 rings (SSSR count). The quantitative estimate of drug-likeness (QED) is 0.425. The first-order chi connectivity index (χ1) is 12.0. The summed E-state index contributed by atoms with van der Waals surface area (Å²) in [6, 6.07) is 7.21. The molecule has 9 nitrogen and oxygen atoms in total. The number of hydrogen-bond donors (Lipinski definition) is 2. The zero-order valence-electron chi connectivity index (χ0n) is 13.0. The van der Waals surface area contributed by atoms with Crippen molar-refractivity contribution in [1.29, 1.82) is 5.26 Å². The van der Waals surface area contributed by atoms with Crippen molar-refractivity contribution in [2.45, 2.75) is 11.8 Å². The van der Waals surface area contributed by atoms with Crippen LogP contribution in [0.25, 0.3) is 0 Å². The Morgan fingerprint density at radius 1 is 1.40 bits per heavy atom. The lowest BCUT2D eigenvalue weighted by Gasteiger charge is -2.06. The number of rotatable bonds is 7. The summed E-state index contributed by atoms with van der Waals surface area (Å²) in [6.07, 6.45) is 1.49. The maximum Gasteiger partial charge on any atom is 0.369 e. The van der Waals surface area contributed by atoms with E-state index in [9.17, 15) is 13.2 Å². The number of anilines is 2. The molecule has 11 heteroatoms. The van der Waals surface area contributed by atoms with Crippen molar-refractivity contribution in [2.75, 3.05) is 16.8 Å². The highest BCUT2D eigenvalue weighted by atomic mass is 32.2. The number of hydrazone groups is 1. The van der Waals surface area contributed by atoms with Gasteiger partial charge in [0.15, 0.2) is 5.13 Å². The molecule has 0 atom stereocenters. The van der Waals surface area contributed by atoms with Gasteiger partial charge in [-0.15, -0.1) is 11.3 Å². The van der Waals surface area contributed by atoms with Gasteiger partial charge in [0, 0.05) is 11.6 Å². The fourth-order valence-electron chi connectivity index (χ4n) is 1.59. The number of aromatic nitrogens is 1. The maximum atomic E-state index is 12.2. The summed E-state index contributed by atoms with van der Waals surface area (Å²) in [5, 5.41) is 14.4. The minimum Gasteiger partial charge on any atom is -0.461 e. The highest BCUT2D eigenvalue weighted by Crippen LogP contribution is 2.19. The first-order valence-electron chi connectivity index (χ1n) is 6.89. The van der Waals surface area contributed by atoms with E-state index in [4.69, 9.17) is 5.26 Å². The molecule has 25 heavy (non-hydrogen) atoms. The molecule has 130 valence electrons. The van der Waals surface area contributed by atoms with Crippen LogP contribution in [-0.4, -0.2) is 31.7 Å². The number of esters is 1. The standard InChI is InChI=1S/C14H13N5O4S2/c1-2-23-13(20)12(9-15)18-17-10-3-5-11(6-4-10)25(21,22)19-14-16-7-8-24-14/h3-8,17H,2H2,1H3,(H,16,19)/b18-12+. The largest absolute Gasteiger partial charge is 0.461 e. The Hall–Kier alpha value is -2.97. The molecule has 2 N–H and O–H groups in total. The number of thiazole rings is 1. The molecule has 0 aliphatic carbocycles. The fourth-order valence-corrected chi connectivity index (χ4v) is 3.38. The Labute approximate surface area is 148 Å². The van der Waals surface area contributed by atoms with Gasteiger partial charge in [-0.1, -0.05) is 0 Å². The van der Waals surface area contributed by atoms with E-state index >= 15 is 0 Å². The highest BCUT2D eigenvalue weighted by Gasteiger charge is 2.15. The van der Waals surface area contributed by atoms with Crippen molar-refractivity contribution < 1.29 is 17.9 Å². The second-order valence-corrected chi connectivity index (χ2v) is 6.95. The summed E-state index contributed by atoms with van der Waals surface area (Å²) >= 11 is 1.16. The molecule has 0 aliphatic heterocycles. The Morgan fingerprint density at radius 3 is 2.68 bits per heavy atom. The molecular formula is C14H13N5O4S2. The Balaban J connectivity index is 2.09. The Kier molecular flexibility index (Phi) is 6.04.